The number of rotatable bonds is 3. The first-order chi connectivity index (χ1) is 9.70. The lowest BCUT2D eigenvalue weighted by molar-refractivity contribution is 0.415. The van der Waals surface area contributed by atoms with Crippen LogP contribution in [0.1, 0.15) is 0 Å². The van der Waals surface area contributed by atoms with E-state index in [1.807, 2.05) is 42.8 Å². The van der Waals surface area contributed by atoms with Crippen molar-refractivity contribution in [2.24, 2.45) is 7.05 Å². The third-order valence-corrected chi connectivity index (χ3v) is 4.10. The van der Waals surface area contributed by atoms with Crippen LogP contribution in [0.4, 0.5) is 5.82 Å². The van der Waals surface area contributed by atoms with E-state index in [4.69, 9.17) is 10.5 Å². The third kappa shape index (κ3) is 2.06. The first-order valence-electron chi connectivity index (χ1n) is 6.21. The first-order valence-corrected chi connectivity index (χ1v) is 7.09. The SMILES string of the molecule is COc1ccc(-c2c(-c3cccs3)nn(C)c2N)cc1. The van der Waals surface area contributed by atoms with Crippen molar-refractivity contribution in [1.29, 1.82) is 0 Å². The first kappa shape index (κ1) is 12.7. The van der Waals surface area contributed by atoms with Crippen LogP contribution in [-0.4, -0.2) is 16.9 Å². The highest BCUT2D eigenvalue weighted by Gasteiger charge is 2.17. The number of hydrogen-bond donors (Lipinski definition) is 1. The maximum absolute atomic E-state index is 6.19. The van der Waals surface area contributed by atoms with Crippen LogP contribution < -0.4 is 10.5 Å². The summed E-state index contributed by atoms with van der Waals surface area (Å²) in [5, 5.41) is 6.58. The van der Waals surface area contributed by atoms with Crippen molar-refractivity contribution in [2.45, 2.75) is 0 Å². The summed E-state index contributed by atoms with van der Waals surface area (Å²) in [4.78, 5) is 1.11. The van der Waals surface area contributed by atoms with E-state index in [1.54, 1.807) is 23.1 Å². The third-order valence-electron chi connectivity index (χ3n) is 3.22. The van der Waals surface area contributed by atoms with Crippen LogP contribution in [0.2, 0.25) is 0 Å². The average Bonchev–Trinajstić information content (AvgIpc) is 3.09. The molecule has 2 aromatic heterocycles. The number of anilines is 1. The average molecular weight is 285 g/mol. The van der Waals surface area contributed by atoms with Crippen molar-refractivity contribution >= 4 is 17.2 Å². The lowest BCUT2D eigenvalue weighted by Gasteiger charge is -2.05. The molecule has 20 heavy (non-hydrogen) atoms. The summed E-state index contributed by atoms with van der Waals surface area (Å²) in [5.74, 6) is 1.49. The van der Waals surface area contributed by atoms with E-state index >= 15 is 0 Å². The number of nitrogens with zero attached hydrogens (tertiary/aromatic N) is 2. The maximum atomic E-state index is 6.19. The number of methoxy groups -OCH3 is 1. The Morgan fingerprint density at radius 2 is 1.95 bits per heavy atom. The van der Waals surface area contributed by atoms with Crippen LogP contribution in [0.3, 0.4) is 0 Å². The summed E-state index contributed by atoms with van der Waals surface area (Å²) in [7, 11) is 3.52. The Bertz CT molecular complexity index is 714. The van der Waals surface area contributed by atoms with E-state index in [9.17, 15) is 0 Å². The van der Waals surface area contributed by atoms with E-state index in [1.165, 1.54) is 0 Å². The predicted octanol–water partition coefficient (Wildman–Crippen LogP) is 3.41. The van der Waals surface area contributed by atoms with Gasteiger partial charge >= 0.3 is 0 Å². The molecule has 0 saturated heterocycles. The minimum absolute atomic E-state index is 0.665. The number of thiophene rings is 1. The van der Waals surface area contributed by atoms with Crippen LogP contribution in [0.15, 0.2) is 41.8 Å². The number of nitrogen functional groups attached to an aromatic ring is 1. The molecule has 102 valence electrons. The number of benzene rings is 1. The summed E-state index contributed by atoms with van der Waals surface area (Å²) >= 11 is 1.66. The van der Waals surface area contributed by atoms with E-state index in [0.717, 1.165) is 27.4 Å². The van der Waals surface area contributed by atoms with Crippen molar-refractivity contribution in [3.8, 4) is 27.4 Å². The summed E-state index contributed by atoms with van der Waals surface area (Å²) in [5.41, 5.74) is 9.12. The molecule has 3 aromatic rings. The highest BCUT2D eigenvalue weighted by molar-refractivity contribution is 7.13. The van der Waals surface area contributed by atoms with Gasteiger partial charge in [0.05, 0.1) is 17.6 Å². The fraction of sp³-hybridized carbons (Fsp3) is 0.133. The summed E-state index contributed by atoms with van der Waals surface area (Å²) in [6.07, 6.45) is 0. The molecule has 2 heterocycles. The Hall–Kier alpha value is -2.27. The van der Waals surface area contributed by atoms with E-state index in [-0.39, 0.29) is 0 Å². The molecule has 2 N–H and O–H groups in total. The Kier molecular flexibility index (Phi) is 3.20. The van der Waals surface area contributed by atoms with Gasteiger partial charge in [0, 0.05) is 7.05 Å². The Morgan fingerprint density at radius 3 is 2.55 bits per heavy atom. The van der Waals surface area contributed by atoms with Gasteiger partial charge in [-0.05, 0) is 29.1 Å². The number of hydrogen-bond acceptors (Lipinski definition) is 4. The second-order valence-corrected chi connectivity index (χ2v) is 5.39. The second-order valence-electron chi connectivity index (χ2n) is 4.44. The minimum atomic E-state index is 0.665. The zero-order chi connectivity index (χ0) is 14.1. The molecule has 0 aliphatic rings. The lowest BCUT2D eigenvalue weighted by Crippen LogP contribution is -1.98. The van der Waals surface area contributed by atoms with Crippen molar-refractivity contribution in [1.82, 2.24) is 9.78 Å². The maximum Gasteiger partial charge on any atom is 0.129 e. The normalized spacial score (nSPS) is 10.7. The smallest absolute Gasteiger partial charge is 0.129 e. The Balaban J connectivity index is 2.16. The quantitative estimate of drug-likeness (QED) is 0.802. The molecule has 0 atom stereocenters. The van der Waals surface area contributed by atoms with Gasteiger partial charge in [-0.15, -0.1) is 11.3 Å². The molecule has 0 radical (unpaired) electrons. The van der Waals surface area contributed by atoms with Gasteiger partial charge in [0.25, 0.3) is 0 Å². The molecule has 0 aliphatic carbocycles. The van der Waals surface area contributed by atoms with Gasteiger partial charge in [0.15, 0.2) is 0 Å². The highest BCUT2D eigenvalue weighted by atomic mass is 32.1. The van der Waals surface area contributed by atoms with Gasteiger partial charge in [-0.3, -0.25) is 4.68 Å². The Morgan fingerprint density at radius 1 is 1.20 bits per heavy atom. The van der Waals surface area contributed by atoms with Crippen LogP contribution in [0.5, 0.6) is 5.75 Å². The molecule has 1 aromatic carbocycles. The van der Waals surface area contributed by atoms with E-state index in [0.29, 0.717) is 5.82 Å². The second kappa shape index (κ2) is 5.02. The van der Waals surface area contributed by atoms with Gasteiger partial charge in [0.2, 0.25) is 0 Å². The largest absolute Gasteiger partial charge is 0.497 e. The molecular formula is C15H15N3OS. The highest BCUT2D eigenvalue weighted by Crippen LogP contribution is 2.38. The summed E-state index contributed by atoms with van der Waals surface area (Å²) in [6.45, 7) is 0. The van der Waals surface area contributed by atoms with Gasteiger partial charge < -0.3 is 10.5 Å². The molecular weight excluding hydrogens is 270 g/mol. The fourth-order valence-electron chi connectivity index (χ4n) is 2.17. The van der Waals surface area contributed by atoms with Crippen molar-refractivity contribution in [2.75, 3.05) is 12.8 Å². The zero-order valence-corrected chi connectivity index (χ0v) is 12.1. The molecule has 0 amide bonds. The van der Waals surface area contributed by atoms with Gasteiger partial charge in [-0.2, -0.15) is 5.10 Å². The van der Waals surface area contributed by atoms with Crippen LogP contribution in [0, 0.1) is 0 Å². The van der Waals surface area contributed by atoms with Crippen LogP contribution >= 0.6 is 11.3 Å². The molecule has 4 nitrogen and oxygen atoms in total. The van der Waals surface area contributed by atoms with E-state index < -0.39 is 0 Å². The molecule has 0 aliphatic heterocycles. The number of aryl methyl sites for hydroxylation is 1. The molecule has 0 fully saturated rings. The lowest BCUT2D eigenvalue weighted by atomic mass is 10.0. The van der Waals surface area contributed by atoms with Crippen LogP contribution in [0.25, 0.3) is 21.7 Å². The summed E-state index contributed by atoms with van der Waals surface area (Å²) in [6, 6.07) is 11.9. The number of aromatic nitrogens is 2. The standard InChI is InChI=1S/C15H15N3OS/c1-18-15(16)13(10-5-7-11(19-2)8-6-10)14(17-18)12-4-3-9-20-12/h3-9H,16H2,1-2H3. The Labute approximate surface area is 121 Å². The molecule has 3 rings (SSSR count). The fourth-order valence-corrected chi connectivity index (χ4v) is 2.88. The minimum Gasteiger partial charge on any atom is -0.497 e. The molecule has 0 spiro atoms. The number of nitrogens with two attached hydrogens (primary N) is 1. The van der Waals surface area contributed by atoms with Gasteiger partial charge in [-0.25, -0.2) is 0 Å². The van der Waals surface area contributed by atoms with Gasteiger partial charge in [0.1, 0.15) is 17.3 Å². The van der Waals surface area contributed by atoms with E-state index in [2.05, 4.69) is 11.2 Å². The summed E-state index contributed by atoms with van der Waals surface area (Å²) < 4.78 is 6.91. The number of ether oxygens (including phenoxy) is 1. The molecule has 0 bridgehead atoms. The topological polar surface area (TPSA) is 53.1 Å². The van der Waals surface area contributed by atoms with Gasteiger partial charge in [-0.1, -0.05) is 18.2 Å². The molecule has 5 heteroatoms. The van der Waals surface area contributed by atoms with Crippen molar-refractivity contribution < 1.29 is 4.74 Å². The predicted molar refractivity (Wildman–Crippen MR) is 82.9 cm³/mol. The molecule has 0 unspecified atom stereocenters. The molecule has 0 saturated carbocycles. The van der Waals surface area contributed by atoms with Crippen molar-refractivity contribution in [3.63, 3.8) is 0 Å². The zero-order valence-electron chi connectivity index (χ0n) is 11.3. The monoisotopic (exact) mass is 285 g/mol. The van der Waals surface area contributed by atoms with Crippen molar-refractivity contribution in [3.05, 3.63) is 41.8 Å². The van der Waals surface area contributed by atoms with Crippen LogP contribution in [-0.2, 0) is 7.05 Å².